The molecule has 0 aromatic heterocycles. The third-order valence-electron chi connectivity index (χ3n) is 18.0. The predicted molar refractivity (Wildman–Crippen MR) is 391 cm³/mol. The van der Waals surface area contributed by atoms with Crippen molar-refractivity contribution in [3.63, 3.8) is 0 Å². The van der Waals surface area contributed by atoms with Crippen LogP contribution < -0.4 is 0 Å². The van der Waals surface area contributed by atoms with Crippen molar-refractivity contribution in [2.45, 2.75) is 425 Å². The highest BCUT2D eigenvalue weighted by molar-refractivity contribution is 7.47. The molecule has 2 unspecified atom stereocenters. The molecule has 0 heterocycles. The fourth-order valence-corrected chi connectivity index (χ4v) is 13.5. The Hall–Kier alpha value is -1.94. The highest BCUT2D eigenvalue weighted by atomic mass is 31.2. The van der Waals surface area contributed by atoms with Gasteiger partial charge in [0.2, 0.25) is 0 Å². The summed E-state index contributed by atoms with van der Waals surface area (Å²) < 4.78 is 68.5. The molecule has 19 heteroatoms. The lowest BCUT2D eigenvalue weighted by Crippen LogP contribution is -2.30. The number of phosphoric ester groups is 2. The molecule has 0 aromatic carbocycles. The second kappa shape index (κ2) is 70.1. The highest BCUT2D eigenvalue weighted by Gasteiger charge is 2.30. The van der Waals surface area contributed by atoms with Crippen molar-refractivity contribution in [1.29, 1.82) is 0 Å². The number of rotatable bonds is 77. The van der Waals surface area contributed by atoms with Gasteiger partial charge in [-0.1, -0.05) is 356 Å². The SMILES string of the molecule is CCCCCCCCCCCCCCCCCCCCC(=O)OC[C@H](COP(=O)(O)OC[C@@H](O)COP(=O)(O)OC[C@@H](COC(=O)CCCCCCCCCCC)OC(=O)CCCCCCCCCCCCC)OC(=O)CCCCCCCCCCCCCCCCCC(C)C. The summed E-state index contributed by atoms with van der Waals surface area (Å²) in [5.74, 6) is -1.31. The smallest absolute Gasteiger partial charge is 0.462 e. The number of aliphatic hydroxyl groups excluding tert-OH is 1. The molecule has 0 bridgehead atoms. The minimum Gasteiger partial charge on any atom is -0.462 e. The van der Waals surface area contributed by atoms with E-state index in [2.05, 4.69) is 34.6 Å². The van der Waals surface area contributed by atoms with E-state index < -0.39 is 97.5 Å². The number of phosphoric acid groups is 2. The van der Waals surface area contributed by atoms with Crippen LogP contribution in [0, 0.1) is 5.92 Å². The quantitative estimate of drug-likeness (QED) is 0.0222. The molecular weight excluding hydrogens is 1260 g/mol. The van der Waals surface area contributed by atoms with Crippen LogP contribution in [-0.2, 0) is 65.4 Å². The van der Waals surface area contributed by atoms with Crippen molar-refractivity contribution in [3.05, 3.63) is 0 Å². The summed E-state index contributed by atoms with van der Waals surface area (Å²) in [7, 11) is -9.91. The average Bonchev–Trinajstić information content (AvgIpc) is 2.81. The van der Waals surface area contributed by atoms with E-state index in [9.17, 15) is 43.2 Å². The number of esters is 4. The first-order valence-corrected chi connectivity index (χ1v) is 43.1. The third kappa shape index (κ3) is 70.5. The Kier molecular flexibility index (Phi) is 68.7. The van der Waals surface area contributed by atoms with Crippen molar-refractivity contribution in [1.82, 2.24) is 0 Å². The highest BCUT2D eigenvalue weighted by Crippen LogP contribution is 2.45. The van der Waals surface area contributed by atoms with E-state index in [1.54, 1.807) is 0 Å². The van der Waals surface area contributed by atoms with Crippen LogP contribution in [0.2, 0.25) is 0 Å². The van der Waals surface area contributed by atoms with Crippen LogP contribution in [0.5, 0.6) is 0 Å². The van der Waals surface area contributed by atoms with Gasteiger partial charge in [-0.15, -0.1) is 0 Å². The standard InChI is InChI=1S/C77H150O17P2/c1-6-9-12-15-18-21-23-24-25-26-27-30-33-37-41-46-51-56-61-75(80)88-67-73(94-77(82)63-58-53-48-43-38-34-31-28-29-32-36-40-44-49-54-59-70(4)5)69-92-96(85,86)90-65-71(78)64-89-95(83,84)91-68-72(66-87-74(79)60-55-50-45-39-20-17-14-11-8-3)93-76(81)62-57-52-47-42-35-22-19-16-13-10-7-2/h70-73,78H,6-69H2,1-5H3,(H,83,84)(H,85,86)/t71-,72+,73+/m0/s1. The van der Waals surface area contributed by atoms with Crippen LogP contribution in [0.25, 0.3) is 0 Å². The minimum atomic E-state index is -4.96. The van der Waals surface area contributed by atoms with Gasteiger partial charge in [0.1, 0.15) is 19.3 Å². The van der Waals surface area contributed by atoms with Gasteiger partial charge in [-0.3, -0.25) is 37.3 Å². The summed E-state index contributed by atoms with van der Waals surface area (Å²) in [4.78, 5) is 72.8. The number of hydrogen-bond acceptors (Lipinski definition) is 15. The molecule has 0 saturated carbocycles. The average molecular weight is 1410 g/mol. The van der Waals surface area contributed by atoms with Crippen LogP contribution in [0.4, 0.5) is 0 Å². The Morgan fingerprint density at radius 1 is 0.281 bits per heavy atom. The summed E-state index contributed by atoms with van der Waals surface area (Å²) >= 11 is 0. The van der Waals surface area contributed by atoms with E-state index in [4.69, 9.17) is 37.0 Å². The van der Waals surface area contributed by atoms with Gasteiger partial charge >= 0.3 is 39.5 Å². The molecule has 0 amide bonds. The molecule has 570 valence electrons. The fourth-order valence-electron chi connectivity index (χ4n) is 11.9. The van der Waals surface area contributed by atoms with Gasteiger partial charge in [-0.05, 0) is 31.6 Å². The van der Waals surface area contributed by atoms with Crippen molar-refractivity contribution in [2.75, 3.05) is 39.6 Å². The Morgan fingerprint density at radius 2 is 0.479 bits per heavy atom. The zero-order valence-electron chi connectivity index (χ0n) is 62.5. The Morgan fingerprint density at radius 3 is 0.708 bits per heavy atom. The second-order valence-electron chi connectivity index (χ2n) is 28.2. The maximum Gasteiger partial charge on any atom is 0.472 e. The third-order valence-corrected chi connectivity index (χ3v) is 19.9. The monoisotopic (exact) mass is 1410 g/mol. The topological polar surface area (TPSA) is 237 Å². The maximum atomic E-state index is 13.1. The second-order valence-corrected chi connectivity index (χ2v) is 31.1. The Labute approximate surface area is 588 Å². The molecule has 0 radical (unpaired) electrons. The number of carbonyl (C=O) groups excluding carboxylic acids is 4. The van der Waals surface area contributed by atoms with E-state index in [-0.39, 0.29) is 25.7 Å². The molecule has 0 aliphatic carbocycles. The van der Waals surface area contributed by atoms with Crippen molar-refractivity contribution < 1.29 is 80.2 Å². The predicted octanol–water partition coefficient (Wildman–Crippen LogP) is 22.9. The molecule has 3 N–H and O–H groups in total. The van der Waals surface area contributed by atoms with Crippen molar-refractivity contribution in [2.24, 2.45) is 5.92 Å². The van der Waals surface area contributed by atoms with Crippen LogP contribution in [0.15, 0.2) is 0 Å². The largest absolute Gasteiger partial charge is 0.472 e. The van der Waals surface area contributed by atoms with E-state index in [1.807, 2.05) is 0 Å². The number of hydrogen-bond donors (Lipinski definition) is 3. The van der Waals surface area contributed by atoms with Crippen LogP contribution in [0.1, 0.15) is 407 Å². The maximum absolute atomic E-state index is 13.1. The van der Waals surface area contributed by atoms with E-state index >= 15 is 0 Å². The molecule has 0 saturated heterocycles. The van der Waals surface area contributed by atoms with Gasteiger partial charge < -0.3 is 33.8 Å². The van der Waals surface area contributed by atoms with Crippen LogP contribution >= 0.6 is 15.6 Å². The van der Waals surface area contributed by atoms with Gasteiger partial charge in [-0.2, -0.15) is 0 Å². The zero-order chi connectivity index (χ0) is 70.5. The molecule has 17 nitrogen and oxygen atoms in total. The summed E-state index contributed by atoms with van der Waals surface area (Å²) in [5.41, 5.74) is 0. The van der Waals surface area contributed by atoms with E-state index in [0.29, 0.717) is 25.7 Å². The Bertz CT molecular complexity index is 1840. The fraction of sp³-hybridized carbons (Fsp3) is 0.948. The van der Waals surface area contributed by atoms with Gasteiger partial charge in [0.05, 0.1) is 26.4 Å². The van der Waals surface area contributed by atoms with Gasteiger partial charge in [-0.25, -0.2) is 9.13 Å². The lowest BCUT2D eigenvalue weighted by molar-refractivity contribution is -0.161. The summed E-state index contributed by atoms with van der Waals surface area (Å²) in [6.45, 7) is 7.31. The number of carbonyl (C=O) groups is 4. The Balaban J connectivity index is 5.20. The molecule has 0 fully saturated rings. The molecule has 0 rings (SSSR count). The van der Waals surface area contributed by atoms with Crippen molar-refractivity contribution >= 4 is 39.5 Å². The van der Waals surface area contributed by atoms with Gasteiger partial charge in [0.15, 0.2) is 12.2 Å². The molecule has 0 aromatic rings. The first-order valence-electron chi connectivity index (χ1n) is 40.1. The van der Waals surface area contributed by atoms with Gasteiger partial charge in [0, 0.05) is 25.7 Å². The van der Waals surface area contributed by atoms with Gasteiger partial charge in [0.25, 0.3) is 0 Å². The number of aliphatic hydroxyl groups is 1. The molecule has 0 aliphatic heterocycles. The van der Waals surface area contributed by atoms with Crippen LogP contribution in [0.3, 0.4) is 0 Å². The lowest BCUT2D eigenvalue weighted by Gasteiger charge is -2.21. The normalized spacial score (nSPS) is 13.9. The zero-order valence-corrected chi connectivity index (χ0v) is 64.3. The summed E-state index contributed by atoms with van der Waals surface area (Å²) in [6.07, 6.45) is 59.6. The van der Waals surface area contributed by atoms with Crippen molar-refractivity contribution in [3.8, 4) is 0 Å². The molecule has 96 heavy (non-hydrogen) atoms. The van der Waals surface area contributed by atoms with Crippen LogP contribution in [-0.4, -0.2) is 96.7 Å². The molecule has 5 atom stereocenters. The minimum absolute atomic E-state index is 0.107. The lowest BCUT2D eigenvalue weighted by atomic mass is 10.0. The number of unbranched alkanes of at least 4 members (excludes halogenated alkanes) is 49. The van der Waals surface area contributed by atoms with E-state index in [0.717, 1.165) is 95.8 Å². The van der Waals surface area contributed by atoms with E-state index in [1.165, 1.54) is 231 Å². The molecule has 0 aliphatic rings. The first-order chi connectivity index (χ1) is 46.5. The summed E-state index contributed by atoms with van der Waals surface area (Å²) in [5, 5.41) is 10.6. The molecule has 0 spiro atoms. The first kappa shape index (κ1) is 94.1. The summed E-state index contributed by atoms with van der Waals surface area (Å²) in [6, 6.07) is 0. The molecular formula is C77H150O17P2. The number of ether oxygens (including phenoxy) is 4.